The lowest BCUT2D eigenvalue weighted by Crippen LogP contribution is -2.19. The highest BCUT2D eigenvalue weighted by atomic mass is 16.5. The van der Waals surface area contributed by atoms with Gasteiger partial charge in [0.1, 0.15) is 0 Å². The molecule has 0 spiro atoms. The van der Waals surface area contributed by atoms with Gasteiger partial charge in [-0.3, -0.25) is 4.68 Å². The van der Waals surface area contributed by atoms with Crippen LogP contribution in [-0.2, 0) is 17.7 Å². The molecule has 0 bridgehead atoms. The second-order valence-electron chi connectivity index (χ2n) is 4.34. The van der Waals surface area contributed by atoms with Crippen molar-refractivity contribution < 1.29 is 4.74 Å². The van der Waals surface area contributed by atoms with E-state index >= 15 is 0 Å². The van der Waals surface area contributed by atoms with E-state index in [1.165, 1.54) is 11.3 Å². The lowest BCUT2D eigenvalue weighted by molar-refractivity contribution is 0.199. The third-order valence-electron chi connectivity index (χ3n) is 3.13. The summed E-state index contributed by atoms with van der Waals surface area (Å²) in [5.74, 6) is 0. The van der Waals surface area contributed by atoms with E-state index in [-0.39, 0.29) is 0 Å². The second-order valence-corrected chi connectivity index (χ2v) is 4.34. The minimum atomic E-state index is 0.484. The van der Waals surface area contributed by atoms with Crippen LogP contribution in [0.2, 0.25) is 0 Å². The molecule has 1 heterocycles. The molecular formula is C13H25N3O. The predicted molar refractivity (Wildman–Crippen MR) is 70.2 cm³/mol. The van der Waals surface area contributed by atoms with E-state index < -0.39 is 0 Å². The van der Waals surface area contributed by atoms with Gasteiger partial charge in [0.15, 0.2) is 0 Å². The first-order valence-electron chi connectivity index (χ1n) is 6.49. The molecule has 0 aliphatic rings. The van der Waals surface area contributed by atoms with Crippen molar-refractivity contribution in [1.29, 1.82) is 0 Å². The van der Waals surface area contributed by atoms with Crippen molar-refractivity contribution in [2.24, 2.45) is 0 Å². The zero-order chi connectivity index (χ0) is 12.7. The molecule has 4 nitrogen and oxygen atoms in total. The maximum atomic E-state index is 5.01. The summed E-state index contributed by atoms with van der Waals surface area (Å²) in [5.41, 5.74) is 2.66. The summed E-state index contributed by atoms with van der Waals surface area (Å²) in [4.78, 5) is 0. The first-order chi connectivity index (χ1) is 8.24. The van der Waals surface area contributed by atoms with Crippen molar-refractivity contribution in [1.82, 2.24) is 15.1 Å². The van der Waals surface area contributed by atoms with Crippen LogP contribution in [0.25, 0.3) is 0 Å². The van der Waals surface area contributed by atoms with Gasteiger partial charge >= 0.3 is 0 Å². The van der Waals surface area contributed by atoms with Crippen LogP contribution in [0.5, 0.6) is 0 Å². The molecule has 1 rings (SSSR count). The third kappa shape index (κ3) is 3.82. The van der Waals surface area contributed by atoms with Gasteiger partial charge in [-0.25, -0.2) is 0 Å². The molecular weight excluding hydrogens is 214 g/mol. The van der Waals surface area contributed by atoms with E-state index in [1.54, 1.807) is 7.11 Å². The summed E-state index contributed by atoms with van der Waals surface area (Å²) in [6, 6.07) is 0.484. The summed E-state index contributed by atoms with van der Waals surface area (Å²) in [5, 5.41) is 7.87. The lowest BCUT2D eigenvalue weighted by atomic mass is 10.2. The van der Waals surface area contributed by atoms with Gasteiger partial charge < -0.3 is 10.1 Å². The summed E-state index contributed by atoms with van der Waals surface area (Å²) < 4.78 is 7.17. The molecule has 0 amide bonds. The van der Waals surface area contributed by atoms with Crippen LogP contribution >= 0.6 is 0 Å². The van der Waals surface area contributed by atoms with Crippen LogP contribution in [0.4, 0.5) is 0 Å². The minimum absolute atomic E-state index is 0.484. The Kier molecular flexibility index (Phi) is 6.22. The molecule has 4 heteroatoms. The highest BCUT2D eigenvalue weighted by Gasteiger charge is 2.12. The Hall–Kier alpha value is -0.870. The fourth-order valence-electron chi connectivity index (χ4n) is 1.91. The minimum Gasteiger partial charge on any atom is -0.383 e. The van der Waals surface area contributed by atoms with Gasteiger partial charge in [0.2, 0.25) is 0 Å². The first kappa shape index (κ1) is 14.2. The second kappa shape index (κ2) is 7.45. The zero-order valence-electron chi connectivity index (χ0n) is 11.5. The Morgan fingerprint density at radius 1 is 1.47 bits per heavy atom. The Labute approximate surface area is 104 Å². The van der Waals surface area contributed by atoms with Gasteiger partial charge in [-0.15, -0.1) is 0 Å². The van der Waals surface area contributed by atoms with Gasteiger partial charge in [0.05, 0.1) is 12.8 Å². The van der Waals surface area contributed by atoms with Crippen molar-refractivity contribution in [3.05, 3.63) is 17.5 Å². The summed E-state index contributed by atoms with van der Waals surface area (Å²) >= 11 is 0. The number of rotatable bonds is 8. The van der Waals surface area contributed by atoms with Gasteiger partial charge in [-0.05, 0) is 19.8 Å². The van der Waals surface area contributed by atoms with Crippen LogP contribution in [0, 0.1) is 0 Å². The van der Waals surface area contributed by atoms with E-state index in [0.29, 0.717) is 6.04 Å². The van der Waals surface area contributed by atoms with Crippen molar-refractivity contribution in [3.8, 4) is 0 Å². The topological polar surface area (TPSA) is 39.1 Å². The van der Waals surface area contributed by atoms with Crippen molar-refractivity contribution >= 4 is 0 Å². The standard InChI is InChI=1S/C13H25N3O/c1-5-11(3)16-13(6-2)12(10-15-16)9-14-7-8-17-4/h10-11,14H,5-9H2,1-4H3. The molecule has 0 aliphatic heterocycles. The smallest absolute Gasteiger partial charge is 0.0587 e. The first-order valence-corrected chi connectivity index (χ1v) is 6.49. The molecule has 0 aromatic carbocycles. The Bertz CT molecular complexity index is 322. The average molecular weight is 239 g/mol. The SMILES string of the molecule is CCc1c(CNCCOC)cnn1C(C)CC. The Morgan fingerprint density at radius 2 is 2.24 bits per heavy atom. The maximum Gasteiger partial charge on any atom is 0.0587 e. The number of nitrogens with one attached hydrogen (secondary N) is 1. The number of methoxy groups -OCH3 is 1. The molecule has 1 aromatic rings. The quantitative estimate of drug-likeness (QED) is 0.707. The average Bonchev–Trinajstić information content (AvgIpc) is 2.76. The van der Waals surface area contributed by atoms with E-state index in [9.17, 15) is 0 Å². The molecule has 17 heavy (non-hydrogen) atoms. The largest absolute Gasteiger partial charge is 0.383 e. The molecule has 0 aliphatic carbocycles. The molecule has 1 unspecified atom stereocenters. The normalized spacial score (nSPS) is 12.9. The van der Waals surface area contributed by atoms with Gasteiger partial charge in [0, 0.05) is 37.5 Å². The summed E-state index contributed by atoms with van der Waals surface area (Å²) in [6.07, 6.45) is 4.14. The number of ether oxygens (including phenoxy) is 1. The number of hydrogen-bond donors (Lipinski definition) is 1. The fourth-order valence-corrected chi connectivity index (χ4v) is 1.91. The van der Waals surface area contributed by atoms with Crippen LogP contribution in [0.1, 0.15) is 44.5 Å². The van der Waals surface area contributed by atoms with Crippen LogP contribution < -0.4 is 5.32 Å². The highest BCUT2D eigenvalue weighted by molar-refractivity contribution is 5.18. The fraction of sp³-hybridized carbons (Fsp3) is 0.769. The van der Waals surface area contributed by atoms with Gasteiger partial charge in [-0.1, -0.05) is 13.8 Å². The summed E-state index contributed by atoms with van der Waals surface area (Å²) in [7, 11) is 1.72. The Balaban J connectivity index is 2.63. The Morgan fingerprint density at radius 3 is 2.82 bits per heavy atom. The van der Waals surface area contributed by atoms with Crippen LogP contribution in [0.3, 0.4) is 0 Å². The summed E-state index contributed by atoms with van der Waals surface area (Å²) in [6.45, 7) is 9.11. The van der Waals surface area contributed by atoms with E-state index in [1.807, 2.05) is 6.20 Å². The van der Waals surface area contributed by atoms with Crippen molar-refractivity contribution in [3.63, 3.8) is 0 Å². The molecule has 0 fully saturated rings. The monoisotopic (exact) mass is 239 g/mol. The van der Waals surface area contributed by atoms with Gasteiger partial charge in [-0.2, -0.15) is 5.10 Å². The number of aromatic nitrogens is 2. The van der Waals surface area contributed by atoms with E-state index in [4.69, 9.17) is 4.74 Å². The maximum absolute atomic E-state index is 5.01. The molecule has 0 saturated heterocycles. The van der Waals surface area contributed by atoms with Crippen molar-refractivity contribution in [2.75, 3.05) is 20.3 Å². The molecule has 0 radical (unpaired) electrons. The van der Waals surface area contributed by atoms with E-state index in [2.05, 4.69) is 35.9 Å². The molecule has 0 saturated carbocycles. The lowest BCUT2D eigenvalue weighted by Gasteiger charge is -2.14. The zero-order valence-corrected chi connectivity index (χ0v) is 11.5. The molecule has 1 N–H and O–H groups in total. The van der Waals surface area contributed by atoms with Crippen LogP contribution in [-0.4, -0.2) is 30.0 Å². The van der Waals surface area contributed by atoms with Gasteiger partial charge in [0.25, 0.3) is 0 Å². The number of hydrogen-bond acceptors (Lipinski definition) is 3. The molecule has 98 valence electrons. The molecule has 1 aromatic heterocycles. The number of nitrogens with zero attached hydrogens (tertiary/aromatic N) is 2. The predicted octanol–water partition coefficient (Wildman–Crippen LogP) is 2.15. The van der Waals surface area contributed by atoms with Crippen molar-refractivity contribution in [2.45, 2.75) is 46.2 Å². The van der Waals surface area contributed by atoms with E-state index in [0.717, 1.165) is 32.5 Å². The highest BCUT2D eigenvalue weighted by Crippen LogP contribution is 2.17. The molecule has 1 atom stereocenters. The van der Waals surface area contributed by atoms with Crippen LogP contribution in [0.15, 0.2) is 6.20 Å². The third-order valence-corrected chi connectivity index (χ3v) is 3.13.